The minimum Gasteiger partial charge on any atom is -0.462 e. The van der Waals surface area contributed by atoms with Crippen LogP contribution in [-0.2, 0) is 14.8 Å². The molecule has 2 aromatic heterocycles. The highest BCUT2D eigenvalue weighted by Crippen LogP contribution is 2.34. The number of carbonyl (C=O) groups is 1. The molecule has 5 rings (SSSR count). The zero-order chi connectivity index (χ0) is 28.4. The molecule has 0 spiro atoms. The van der Waals surface area contributed by atoms with Gasteiger partial charge in [-0.3, -0.25) is 9.52 Å². The number of aromatic nitrogens is 2. The van der Waals surface area contributed by atoms with Gasteiger partial charge in [-0.15, -0.1) is 0 Å². The number of benzene rings is 3. The number of nitrogens with zero attached hydrogens (tertiary/aromatic N) is 2. The lowest BCUT2D eigenvalue weighted by atomic mass is 9.98. The fraction of sp³-hybridized carbons (Fsp3) is 0.107. The lowest BCUT2D eigenvalue weighted by Gasteiger charge is -2.23. The molecule has 0 aliphatic carbocycles. The number of halogens is 2. The van der Waals surface area contributed by atoms with Crippen molar-refractivity contribution in [3.05, 3.63) is 123 Å². The van der Waals surface area contributed by atoms with Gasteiger partial charge in [-0.05, 0) is 36.2 Å². The first-order valence-electron chi connectivity index (χ1n) is 12.0. The fourth-order valence-electron chi connectivity index (χ4n) is 4.26. The van der Waals surface area contributed by atoms with Gasteiger partial charge in [0, 0.05) is 11.2 Å². The molecule has 0 saturated heterocycles. The third kappa shape index (κ3) is 5.35. The van der Waals surface area contributed by atoms with Gasteiger partial charge >= 0.3 is 5.97 Å². The van der Waals surface area contributed by atoms with Crippen LogP contribution in [0.3, 0.4) is 0 Å². The predicted molar refractivity (Wildman–Crippen MR) is 152 cm³/mol. The van der Waals surface area contributed by atoms with E-state index in [4.69, 9.17) is 16.3 Å². The minimum atomic E-state index is -4.43. The molecule has 3 aromatic carbocycles. The van der Waals surface area contributed by atoms with E-state index in [1.165, 1.54) is 12.3 Å². The number of thiazole rings is 1. The molecule has 12 heteroatoms. The quantitative estimate of drug-likeness (QED) is 0.224. The van der Waals surface area contributed by atoms with Gasteiger partial charge in [0.05, 0.1) is 12.6 Å². The number of hydrogen-bond donors (Lipinski definition) is 1. The largest absolute Gasteiger partial charge is 0.462 e. The van der Waals surface area contributed by atoms with Crippen molar-refractivity contribution in [3.63, 3.8) is 0 Å². The van der Waals surface area contributed by atoms with Crippen molar-refractivity contribution in [1.82, 2.24) is 9.55 Å². The summed E-state index contributed by atoms with van der Waals surface area (Å²) in [7, 11) is -4.43. The van der Waals surface area contributed by atoms with Gasteiger partial charge in [-0.1, -0.05) is 83.6 Å². The Hall–Kier alpha value is -4.06. The van der Waals surface area contributed by atoms with Gasteiger partial charge in [0.2, 0.25) is 5.43 Å². The van der Waals surface area contributed by atoms with Crippen LogP contribution in [0.25, 0.3) is 10.3 Å². The third-order valence-electron chi connectivity index (χ3n) is 5.98. The Labute approximate surface area is 237 Å². The van der Waals surface area contributed by atoms with Crippen LogP contribution in [0, 0.1) is 5.82 Å². The summed E-state index contributed by atoms with van der Waals surface area (Å²) in [5, 5.41) is -0.149. The standard InChI is InChI=1S/C28H21ClFN3O5S2/c1-2-38-27(35)20-16-33(24(17-9-5-3-6-10-17)18-11-7-4-8-12-18)26-23(25(20)34)31-28(39-26)32-40(36,37)22-14-13-19(29)15-21(22)30/h3-16,24H,2H2,1H3,(H,31,32). The van der Waals surface area contributed by atoms with E-state index in [1.54, 1.807) is 11.5 Å². The van der Waals surface area contributed by atoms with Crippen LogP contribution in [0.5, 0.6) is 0 Å². The first-order chi connectivity index (χ1) is 19.2. The number of esters is 1. The number of carbonyl (C=O) groups excluding carboxylic acids is 1. The first kappa shape index (κ1) is 27.5. The molecule has 0 amide bonds. The average Bonchev–Trinajstić information content (AvgIpc) is 3.35. The van der Waals surface area contributed by atoms with Crippen molar-refractivity contribution in [1.29, 1.82) is 0 Å². The maximum absolute atomic E-state index is 14.5. The highest BCUT2D eigenvalue weighted by Gasteiger charge is 2.27. The van der Waals surface area contributed by atoms with Crippen LogP contribution >= 0.6 is 22.9 Å². The molecule has 0 atom stereocenters. The zero-order valence-electron chi connectivity index (χ0n) is 20.9. The summed E-state index contributed by atoms with van der Waals surface area (Å²) in [6, 6.07) is 21.5. The van der Waals surface area contributed by atoms with Crippen LogP contribution in [0.4, 0.5) is 9.52 Å². The number of fused-ring (bicyclic) bond motifs is 1. The third-order valence-corrected chi connectivity index (χ3v) is 8.70. The monoisotopic (exact) mass is 597 g/mol. The van der Waals surface area contributed by atoms with Crippen LogP contribution in [0.15, 0.2) is 94.7 Å². The molecule has 1 N–H and O–H groups in total. The van der Waals surface area contributed by atoms with Crippen LogP contribution in [0.1, 0.15) is 34.5 Å². The Morgan fingerprint density at radius 3 is 2.27 bits per heavy atom. The van der Waals surface area contributed by atoms with Crippen molar-refractivity contribution in [2.75, 3.05) is 11.3 Å². The molecule has 2 heterocycles. The number of hydrogen-bond acceptors (Lipinski definition) is 7. The van der Waals surface area contributed by atoms with Gasteiger partial charge in [0.1, 0.15) is 26.6 Å². The van der Waals surface area contributed by atoms with Crippen molar-refractivity contribution in [2.45, 2.75) is 17.9 Å². The summed E-state index contributed by atoms with van der Waals surface area (Å²) in [5.74, 6) is -1.88. The molecule has 40 heavy (non-hydrogen) atoms. The van der Waals surface area contributed by atoms with E-state index in [0.717, 1.165) is 34.6 Å². The summed E-state index contributed by atoms with van der Waals surface area (Å²) in [5.41, 5.74) is 0.569. The van der Waals surface area contributed by atoms with E-state index in [9.17, 15) is 22.4 Å². The summed E-state index contributed by atoms with van der Waals surface area (Å²) < 4.78 is 49.6. The van der Waals surface area contributed by atoms with Gasteiger partial charge in [-0.25, -0.2) is 22.6 Å². The number of anilines is 1. The molecule has 0 unspecified atom stereocenters. The van der Waals surface area contributed by atoms with Crippen molar-refractivity contribution >= 4 is 54.4 Å². The highest BCUT2D eigenvalue weighted by molar-refractivity contribution is 7.93. The molecular weight excluding hydrogens is 577 g/mol. The molecular formula is C28H21ClFN3O5S2. The summed E-state index contributed by atoms with van der Waals surface area (Å²) in [6.45, 7) is 1.67. The summed E-state index contributed by atoms with van der Waals surface area (Å²) in [4.78, 5) is 30.1. The van der Waals surface area contributed by atoms with Gasteiger partial charge in [0.15, 0.2) is 5.13 Å². The van der Waals surface area contributed by atoms with E-state index >= 15 is 0 Å². The molecule has 5 aromatic rings. The first-order valence-corrected chi connectivity index (χ1v) is 14.7. The van der Waals surface area contributed by atoms with Crippen LogP contribution in [-0.4, -0.2) is 30.5 Å². The normalized spacial score (nSPS) is 11.6. The molecule has 0 aliphatic heterocycles. The summed E-state index contributed by atoms with van der Waals surface area (Å²) >= 11 is 6.65. The Kier molecular flexibility index (Phi) is 7.70. The molecule has 204 valence electrons. The topological polar surface area (TPSA) is 107 Å². The van der Waals surface area contributed by atoms with Crippen molar-refractivity contribution in [3.8, 4) is 0 Å². The Morgan fingerprint density at radius 2 is 1.70 bits per heavy atom. The highest BCUT2D eigenvalue weighted by atomic mass is 35.5. The van der Waals surface area contributed by atoms with E-state index < -0.39 is 38.2 Å². The van der Waals surface area contributed by atoms with Crippen molar-refractivity contribution < 1.29 is 22.3 Å². The second-order valence-electron chi connectivity index (χ2n) is 8.58. The predicted octanol–water partition coefficient (Wildman–Crippen LogP) is 5.87. The Balaban J connectivity index is 1.74. The number of nitrogens with one attached hydrogen (secondary N) is 1. The smallest absolute Gasteiger partial charge is 0.343 e. The number of sulfonamides is 1. The molecule has 8 nitrogen and oxygen atoms in total. The number of pyridine rings is 1. The second kappa shape index (κ2) is 11.2. The van der Waals surface area contributed by atoms with E-state index in [2.05, 4.69) is 9.71 Å². The number of rotatable bonds is 8. The SMILES string of the molecule is CCOC(=O)c1cn(C(c2ccccc2)c2ccccc2)c2sc(NS(=O)(=O)c3ccc(Cl)cc3F)nc2c1=O. The average molecular weight is 598 g/mol. The van der Waals surface area contributed by atoms with E-state index in [1.807, 2.05) is 60.7 Å². The Morgan fingerprint density at radius 1 is 1.07 bits per heavy atom. The zero-order valence-corrected chi connectivity index (χ0v) is 23.3. The second-order valence-corrected chi connectivity index (χ2v) is 11.6. The molecule has 0 fully saturated rings. The molecule has 0 bridgehead atoms. The van der Waals surface area contributed by atoms with Crippen LogP contribution < -0.4 is 10.2 Å². The van der Waals surface area contributed by atoms with E-state index in [-0.39, 0.29) is 27.8 Å². The van der Waals surface area contributed by atoms with Crippen LogP contribution in [0.2, 0.25) is 5.02 Å². The minimum absolute atomic E-state index is 0.0350. The number of ether oxygens (including phenoxy) is 1. The maximum atomic E-state index is 14.5. The lowest BCUT2D eigenvalue weighted by molar-refractivity contribution is 0.0524. The maximum Gasteiger partial charge on any atom is 0.343 e. The Bertz CT molecular complexity index is 1840. The molecule has 0 aliphatic rings. The van der Waals surface area contributed by atoms with Gasteiger partial charge in [0.25, 0.3) is 10.0 Å². The fourth-order valence-corrected chi connectivity index (χ4v) is 6.68. The van der Waals surface area contributed by atoms with Gasteiger partial charge in [-0.2, -0.15) is 0 Å². The van der Waals surface area contributed by atoms with Crippen molar-refractivity contribution in [2.24, 2.45) is 0 Å². The lowest BCUT2D eigenvalue weighted by Crippen LogP contribution is -2.23. The van der Waals surface area contributed by atoms with Gasteiger partial charge < -0.3 is 9.30 Å². The molecule has 0 saturated carbocycles. The molecule has 0 radical (unpaired) electrons. The van der Waals surface area contributed by atoms with E-state index in [0.29, 0.717) is 4.83 Å². The summed E-state index contributed by atoms with van der Waals surface area (Å²) in [6.07, 6.45) is 1.41.